The van der Waals surface area contributed by atoms with Crippen LogP contribution in [0.5, 0.6) is 0 Å². The molecule has 0 fully saturated rings. The van der Waals surface area contributed by atoms with Crippen molar-refractivity contribution in [1.29, 1.82) is 5.26 Å². The fourth-order valence-electron chi connectivity index (χ4n) is 1.88. The third-order valence-corrected chi connectivity index (χ3v) is 5.25. The van der Waals surface area contributed by atoms with E-state index < -0.39 is 0 Å². The Kier molecular flexibility index (Phi) is 5.84. The molecule has 1 aromatic rings. The van der Waals surface area contributed by atoms with Gasteiger partial charge in [-0.15, -0.1) is 0 Å². The number of rotatable bonds is 6. The maximum absolute atomic E-state index is 9.07. The second-order valence-corrected chi connectivity index (χ2v) is 5.96. The van der Waals surface area contributed by atoms with Gasteiger partial charge in [-0.2, -0.15) is 17.0 Å². The van der Waals surface area contributed by atoms with Crippen molar-refractivity contribution in [2.24, 2.45) is 0 Å². The van der Waals surface area contributed by atoms with Gasteiger partial charge in [0, 0.05) is 16.3 Å². The van der Waals surface area contributed by atoms with Crippen LogP contribution in [0.2, 0.25) is 5.02 Å². The Hall–Kier alpha value is -0.850. The minimum absolute atomic E-state index is 0.217. The lowest BCUT2D eigenvalue weighted by atomic mass is 10.0. The van der Waals surface area contributed by atoms with E-state index in [-0.39, 0.29) is 4.75 Å². The number of hydrogen-bond acceptors (Lipinski definition) is 3. The molecule has 2 nitrogen and oxygen atoms in total. The molecule has 0 amide bonds. The van der Waals surface area contributed by atoms with Crippen molar-refractivity contribution in [2.45, 2.75) is 31.4 Å². The van der Waals surface area contributed by atoms with Crippen LogP contribution in [0.15, 0.2) is 18.2 Å². The summed E-state index contributed by atoms with van der Waals surface area (Å²) in [5, 5.41) is 13.1. The third kappa shape index (κ3) is 3.57. The molecule has 0 aliphatic carbocycles. The van der Waals surface area contributed by atoms with Crippen LogP contribution >= 0.6 is 23.4 Å². The van der Waals surface area contributed by atoms with Gasteiger partial charge >= 0.3 is 0 Å². The van der Waals surface area contributed by atoms with Gasteiger partial charge in [0.2, 0.25) is 0 Å². The Bertz CT molecular complexity index is 428. The predicted molar refractivity (Wildman–Crippen MR) is 81.5 cm³/mol. The largest absolute Gasteiger partial charge is 0.383 e. The van der Waals surface area contributed by atoms with E-state index in [2.05, 4.69) is 31.5 Å². The first-order chi connectivity index (χ1) is 8.60. The van der Waals surface area contributed by atoms with Gasteiger partial charge in [0.05, 0.1) is 11.3 Å². The fourth-order valence-corrected chi connectivity index (χ4v) is 2.84. The molecule has 0 aliphatic heterocycles. The molecule has 0 saturated carbocycles. The number of anilines is 1. The van der Waals surface area contributed by atoms with Crippen molar-refractivity contribution in [3.63, 3.8) is 0 Å². The summed E-state index contributed by atoms with van der Waals surface area (Å²) in [5.74, 6) is 0. The van der Waals surface area contributed by atoms with E-state index in [0.29, 0.717) is 10.6 Å². The van der Waals surface area contributed by atoms with E-state index in [1.54, 1.807) is 12.1 Å². The van der Waals surface area contributed by atoms with Gasteiger partial charge in [0.1, 0.15) is 6.07 Å². The zero-order valence-electron chi connectivity index (χ0n) is 11.1. The first-order valence-electron chi connectivity index (χ1n) is 6.09. The monoisotopic (exact) mass is 282 g/mol. The number of halogens is 1. The van der Waals surface area contributed by atoms with Crippen LogP contribution < -0.4 is 5.32 Å². The Morgan fingerprint density at radius 3 is 2.56 bits per heavy atom. The summed E-state index contributed by atoms with van der Waals surface area (Å²) in [6.07, 6.45) is 4.33. The summed E-state index contributed by atoms with van der Waals surface area (Å²) >= 11 is 7.85. The molecule has 18 heavy (non-hydrogen) atoms. The molecule has 0 unspecified atom stereocenters. The van der Waals surface area contributed by atoms with E-state index >= 15 is 0 Å². The van der Waals surface area contributed by atoms with Crippen LogP contribution in [-0.2, 0) is 0 Å². The summed E-state index contributed by atoms with van der Waals surface area (Å²) in [7, 11) is 0. The number of nitrogens with zero attached hydrogens (tertiary/aromatic N) is 1. The van der Waals surface area contributed by atoms with Gasteiger partial charge in [-0.3, -0.25) is 0 Å². The number of thioether (sulfide) groups is 1. The van der Waals surface area contributed by atoms with Gasteiger partial charge in [0.15, 0.2) is 0 Å². The third-order valence-electron chi connectivity index (χ3n) is 3.42. The summed E-state index contributed by atoms with van der Waals surface area (Å²) in [6.45, 7) is 5.24. The second-order valence-electron chi connectivity index (χ2n) is 4.25. The number of hydrogen-bond donors (Lipinski definition) is 1. The van der Waals surface area contributed by atoms with Crippen molar-refractivity contribution < 1.29 is 0 Å². The van der Waals surface area contributed by atoms with Gasteiger partial charge in [-0.1, -0.05) is 25.4 Å². The molecule has 0 bridgehead atoms. The molecule has 98 valence electrons. The van der Waals surface area contributed by atoms with Crippen LogP contribution in [0.25, 0.3) is 0 Å². The highest BCUT2D eigenvalue weighted by molar-refractivity contribution is 8.00. The molecule has 4 heteroatoms. The Morgan fingerprint density at radius 2 is 2.06 bits per heavy atom. The maximum Gasteiger partial charge on any atom is 0.101 e. The summed E-state index contributed by atoms with van der Waals surface area (Å²) in [6, 6.07) is 7.50. The number of benzene rings is 1. The second kappa shape index (κ2) is 6.92. The molecule has 1 N–H and O–H groups in total. The molecule has 0 aliphatic rings. The van der Waals surface area contributed by atoms with Crippen molar-refractivity contribution in [3.05, 3.63) is 28.8 Å². The van der Waals surface area contributed by atoms with Crippen LogP contribution in [-0.4, -0.2) is 17.5 Å². The topological polar surface area (TPSA) is 35.8 Å². The zero-order chi connectivity index (χ0) is 13.6. The predicted octanol–water partition coefficient (Wildman–Crippen LogP) is 4.55. The van der Waals surface area contributed by atoms with Gasteiger partial charge in [-0.25, -0.2) is 0 Å². The minimum Gasteiger partial charge on any atom is -0.383 e. The average Bonchev–Trinajstić information content (AvgIpc) is 2.41. The summed E-state index contributed by atoms with van der Waals surface area (Å²) < 4.78 is 0.217. The highest BCUT2D eigenvalue weighted by atomic mass is 35.5. The SMILES string of the molecule is CCC(CC)(CNc1cc(Cl)ccc1C#N)SC. The van der Waals surface area contributed by atoms with Gasteiger partial charge in [0.25, 0.3) is 0 Å². The minimum atomic E-state index is 0.217. The molecule has 0 atom stereocenters. The van der Waals surface area contributed by atoms with Crippen LogP contribution in [0.3, 0.4) is 0 Å². The fraction of sp³-hybridized carbons (Fsp3) is 0.500. The van der Waals surface area contributed by atoms with E-state index in [1.165, 1.54) is 0 Å². The van der Waals surface area contributed by atoms with Crippen molar-refractivity contribution in [3.8, 4) is 6.07 Å². The van der Waals surface area contributed by atoms with Crippen LogP contribution in [0, 0.1) is 11.3 Å². The van der Waals surface area contributed by atoms with Gasteiger partial charge in [-0.05, 0) is 37.3 Å². The lowest BCUT2D eigenvalue weighted by Gasteiger charge is -2.30. The molecule has 1 aromatic carbocycles. The van der Waals surface area contributed by atoms with E-state index in [4.69, 9.17) is 16.9 Å². The van der Waals surface area contributed by atoms with Crippen molar-refractivity contribution in [1.82, 2.24) is 0 Å². The molecular weight excluding hydrogens is 264 g/mol. The van der Waals surface area contributed by atoms with Crippen molar-refractivity contribution in [2.75, 3.05) is 18.1 Å². The van der Waals surface area contributed by atoms with Crippen molar-refractivity contribution >= 4 is 29.1 Å². The molecule has 0 saturated heterocycles. The number of nitrogens with one attached hydrogen (secondary N) is 1. The van der Waals surface area contributed by atoms with Crippen LogP contribution in [0.4, 0.5) is 5.69 Å². The molecular formula is C14H19ClN2S. The van der Waals surface area contributed by atoms with E-state index in [9.17, 15) is 0 Å². The lowest BCUT2D eigenvalue weighted by Crippen LogP contribution is -2.32. The highest BCUT2D eigenvalue weighted by Gasteiger charge is 2.24. The smallest absolute Gasteiger partial charge is 0.101 e. The Balaban J connectivity index is 2.85. The summed E-state index contributed by atoms with van der Waals surface area (Å²) in [5.41, 5.74) is 1.46. The first kappa shape index (κ1) is 15.2. The molecule has 0 radical (unpaired) electrons. The maximum atomic E-state index is 9.07. The lowest BCUT2D eigenvalue weighted by molar-refractivity contribution is 0.574. The zero-order valence-corrected chi connectivity index (χ0v) is 12.7. The summed E-state index contributed by atoms with van der Waals surface area (Å²) in [4.78, 5) is 0. The molecule has 0 heterocycles. The molecule has 1 rings (SSSR count). The van der Waals surface area contributed by atoms with Gasteiger partial charge < -0.3 is 5.32 Å². The van der Waals surface area contributed by atoms with E-state index in [0.717, 1.165) is 25.1 Å². The molecule has 0 aromatic heterocycles. The Morgan fingerprint density at radius 1 is 1.39 bits per heavy atom. The van der Waals surface area contributed by atoms with E-state index in [1.807, 2.05) is 17.8 Å². The standard InChI is InChI=1S/C14H19ClN2S/c1-4-14(5-2,18-3)10-17-13-8-12(15)7-6-11(13)9-16/h6-8,17H,4-5,10H2,1-3H3. The molecule has 0 spiro atoms. The van der Waals surface area contributed by atoms with Crippen LogP contribution in [0.1, 0.15) is 32.3 Å². The normalized spacial score (nSPS) is 11.1. The Labute approximate surface area is 119 Å². The number of nitriles is 1. The first-order valence-corrected chi connectivity index (χ1v) is 7.69. The highest BCUT2D eigenvalue weighted by Crippen LogP contribution is 2.31. The quantitative estimate of drug-likeness (QED) is 0.832. The average molecular weight is 283 g/mol.